The Bertz CT molecular complexity index is 680. The van der Waals surface area contributed by atoms with E-state index in [2.05, 4.69) is 20.2 Å². The van der Waals surface area contributed by atoms with Crippen LogP contribution in [0.1, 0.15) is 36.2 Å². The summed E-state index contributed by atoms with van der Waals surface area (Å²) in [5.74, 6) is 1.15. The third-order valence-corrected chi connectivity index (χ3v) is 4.11. The third-order valence-electron chi connectivity index (χ3n) is 4.11. The van der Waals surface area contributed by atoms with E-state index in [9.17, 15) is 4.79 Å². The van der Waals surface area contributed by atoms with Gasteiger partial charge in [0.05, 0.1) is 7.11 Å². The van der Waals surface area contributed by atoms with Crippen LogP contribution >= 0.6 is 0 Å². The molecule has 0 bridgehead atoms. The van der Waals surface area contributed by atoms with Gasteiger partial charge in [-0.2, -0.15) is 0 Å². The maximum Gasteiger partial charge on any atom is 0.274 e. The lowest BCUT2D eigenvalue weighted by Crippen LogP contribution is -2.27. The van der Waals surface area contributed by atoms with Gasteiger partial charge in [0.25, 0.3) is 5.91 Å². The zero-order valence-electron chi connectivity index (χ0n) is 13.9. The zero-order chi connectivity index (χ0) is 16.8. The van der Waals surface area contributed by atoms with Crippen LogP contribution in [0, 0.1) is 0 Å². The molecule has 1 aromatic carbocycles. The second kappa shape index (κ2) is 7.77. The molecule has 1 aliphatic heterocycles. The molecule has 1 N–H and O–H groups in total. The third kappa shape index (κ3) is 4.01. The Morgan fingerprint density at radius 3 is 2.46 bits per heavy atom. The van der Waals surface area contributed by atoms with Crippen molar-refractivity contribution in [2.75, 3.05) is 30.4 Å². The van der Waals surface area contributed by atoms with Crippen molar-refractivity contribution >= 4 is 17.5 Å². The number of carbonyl (C=O) groups is 1. The second-order valence-corrected chi connectivity index (χ2v) is 5.83. The Morgan fingerprint density at radius 1 is 1.08 bits per heavy atom. The standard InChI is InChI=1S/C18H22N4O2/c1-24-15-8-6-14(7-9-15)20-17(23)16-10-11-19-18(21-16)22-12-4-2-3-5-13-22/h6-11H,2-5,12-13H2,1H3,(H,20,23). The number of nitrogens with zero attached hydrogens (tertiary/aromatic N) is 3. The van der Waals surface area contributed by atoms with Crippen LogP contribution in [0.15, 0.2) is 36.5 Å². The van der Waals surface area contributed by atoms with Gasteiger partial charge in [-0.05, 0) is 43.2 Å². The minimum Gasteiger partial charge on any atom is -0.497 e. The highest BCUT2D eigenvalue weighted by Crippen LogP contribution is 2.17. The summed E-state index contributed by atoms with van der Waals surface area (Å²) in [7, 11) is 1.61. The summed E-state index contributed by atoms with van der Waals surface area (Å²) in [6.45, 7) is 1.90. The first-order valence-electron chi connectivity index (χ1n) is 8.29. The van der Waals surface area contributed by atoms with E-state index in [0.29, 0.717) is 17.3 Å². The highest BCUT2D eigenvalue weighted by atomic mass is 16.5. The summed E-state index contributed by atoms with van der Waals surface area (Å²) in [6, 6.07) is 8.85. The van der Waals surface area contributed by atoms with Gasteiger partial charge in [0.1, 0.15) is 11.4 Å². The van der Waals surface area contributed by atoms with Crippen molar-refractivity contribution in [1.29, 1.82) is 0 Å². The summed E-state index contributed by atoms with van der Waals surface area (Å²) in [5.41, 5.74) is 1.08. The smallest absolute Gasteiger partial charge is 0.274 e. The van der Waals surface area contributed by atoms with Gasteiger partial charge >= 0.3 is 0 Å². The quantitative estimate of drug-likeness (QED) is 0.935. The monoisotopic (exact) mass is 326 g/mol. The van der Waals surface area contributed by atoms with Crippen LogP contribution in [-0.2, 0) is 0 Å². The van der Waals surface area contributed by atoms with E-state index in [4.69, 9.17) is 4.74 Å². The first-order valence-corrected chi connectivity index (χ1v) is 8.29. The molecule has 2 heterocycles. The largest absolute Gasteiger partial charge is 0.497 e. The van der Waals surface area contributed by atoms with E-state index in [1.165, 1.54) is 12.8 Å². The molecule has 0 saturated carbocycles. The first-order chi connectivity index (χ1) is 11.8. The van der Waals surface area contributed by atoms with E-state index >= 15 is 0 Å². The lowest BCUT2D eigenvalue weighted by atomic mass is 10.2. The van der Waals surface area contributed by atoms with E-state index in [0.717, 1.165) is 31.7 Å². The molecule has 1 saturated heterocycles. The van der Waals surface area contributed by atoms with E-state index in [1.807, 2.05) is 0 Å². The SMILES string of the molecule is COc1ccc(NC(=O)c2ccnc(N3CCCCCC3)n2)cc1. The number of nitrogens with one attached hydrogen (secondary N) is 1. The molecule has 0 radical (unpaired) electrons. The molecule has 1 aliphatic rings. The van der Waals surface area contributed by atoms with Gasteiger partial charge < -0.3 is 15.0 Å². The van der Waals surface area contributed by atoms with Crippen LogP contribution in [0.2, 0.25) is 0 Å². The van der Waals surface area contributed by atoms with Gasteiger partial charge in [0, 0.05) is 25.0 Å². The number of carbonyl (C=O) groups excluding carboxylic acids is 1. The minimum absolute atomic E-state index is 0.237. The number of benzene rings is 1. The van der Waals surface area contributed by atoms with E-state index in [1.54, 1.807) is 43.6 Å². The first kappa shape index (κ1) is 16.2. The second-order valence-electron chi connectivity index (χ2n) is 5.83. The summed E-state index contributed by atoms with van der Waals surface area (Å²) >= 11 is 0. The van der Waals surface area contributed by atoms with Crippen molar-refractivity contribution in [3.8, 4) is 5.75 Å². The number of rotatable bonds is 4. The molecule has 0 atom stereocenters. The Kier molecular flexibility index (Phi) is 5.25. The maximum atomic E-state index is 12.4. The molecule has 3 rings (SSSR count). The number of amides is 1. The summed E-state index contributed by atoms with van der Waals surface area (Å²) in [4.78, 5) is 23.4. The van der Waals surface area contributed by atoms with Gasteiger partial charge in [0.15, 0.2) is 0 Å². The molecule has 6 nitrogen and oxygen atoms in total. The van der Waals surface area contributed by atoms with Gasteiger partial charge in [-0.15, -0.1) is 0 Å². The van der Waals surface area contributed by atoms with E-state index in [-0.39, 0.29) is 5.91 Å². The number of hydrogen-bond acceptors (Lipinski definition) is 5. The van der Waals surface area contributed by atoms with Crippen LogP contribution in [0.3, 0.4) is 0 Å². The Balaban J connectivity index is 1.71. The van der Waals surface area contributed by atoms with Gasteiger partial charge in [-0.3, -0.25) is 4.79 Å². The molecular weight excluding hydrogens is 304 g/mol. The van der Waals surface area contributed by atoms with Gasteiger partial charge in [-0.25, -0.2) is 9.97 Å². The van der Waals surface area contributed by atoms with Crippen LogP contribution in [0.4, 0.5) is 11.6 Å². The lowest BCUT2D eigenvalue weighted by molar-refractivity contribution is 0.102. The fraction of sp³-hybridized carbons (Fsp3) is 0.389. The predicted octanol–water partition coefficient (Wildman–Crippen LogP) is 3.12. The molecule has 24 heavy (non-hydrogen) atoms. The molecule has 0 spiro atoms. The number of hydrogen-bond donors (Lipinski definition) is 1. The summed E-state index contributed by atoms with van der Waals surface area (Å²) in [6.07, 6.45) is 6.43. The fourth-order valence-electron chi connectivity index (χ4n) is 2.77. The minimum atomic E-state index is -0.237. The lowest BCUT2D eigenvalue weighted by Gasteiger charge is -2.20. The molecular formula is C18H22N4O2. The van der Waals surface area contributed by atoms with Crippen molar-refractivity contribution in [3.05, 3.63) is 42.2 Å². The molecule has 0 aliphatic carbocycles. The maximum absolute atomic E-state index is 12.4. The van der Waals surface area contributed by atoms with Crippen molar-refractivity contribution < 1.29 is 9.53 Å². The van der Waals surface area contributed by atoms with Crippen LogP contribution in [0.25, 0.3) is 0 Å². The molecule has 1 amide bonds. The summed E-state index contributed by atoms with van der Waals surface area (Å²) in [5, 5.41) is 2.85. The predicted molar refractivity (Wildman–Crippen MR) is 93.7 cm³/mol. The summed E-state index contributed by atoms with van der Waals surface area (Å²) < 4.78 is 5.11. The average Bonchev–Trinajstić information content (AvgIpc) is 2.92. The molecule has 6 heteroatoms. The van der Waals surface area contributed by atoms with Crippen molar-refractivity contribution in [2.45, 2.75) is 25.7 Å². The van der Waals surface area contributed by atoms with Crippen LogP contribution < -0.4 is 15.0 Å². The van der Waals surface area contributed by atoms with Crippen molar-refractivity contribution in [3.63, 3.8) is 0 Å². The number of aromatic nitrogens is 2. The van der Waals surface area contributed by atoms with Crippen LogP contribution in [-0.4, -0.2) is 36.1 Å². The zero-order valence-corrected chi connectivity index (χ0v) is 13.9. The van der Waals surface area contributed by atoms with Gasteiger partial charge in [0.2, 0.25) is 5.95 Å². The van der Waals surface area contributed by atoms with Crippen LogP contribution in [0.5, 0.6) is 5.75 Å². The molecule has 0 unspecified atom stereocenters. The Labute approximate surface area is 141 Å². The highest BCUT2D eigenvalue weighted by Gasteiger charge is 2.15. The molecule has 2 aromatic rings. The number of ether oxygens (including phenoxy) is 1. The van der Waals surface area contributed by atoms with E-state index < -0.39 is 0 Å². The van der Waals surface area contributed by atoms with Gasteiger partial charge in [-0.1, -0.05) is 12.8 Å². The van der Waals surface area contributed by atoms with Crippen molar-refractivity contribution in [1.82, 2.24) is 9.97 Å². The number of anilines is 2. The molecule has 1 fully saturated rings. The Morgan fingerprint density at radius 2 is 1.79 bits per heavy atom. The number of methoxy groups -OCH3 is 1. The van der Waals surface area contributed by atoms with Crippen molar-refractivity contribution in [2.24, 2.45) is 0 Å². The highest BCUT2D eigenvalue weighted by molar-refractivity contribution is 6.03. The topological polar surface area (TPSA) is 67.3 Å². The fourth-order valence-corrected chi connectivity index (χ4v) is 2.77. The Hall–Kier alpha value is -2.63. The average molecular weight is 326 g/mol. The molecule has 126 valence electrons. The normalized spacial score (nSPS) is 14.8. The molecule has 1 aromatic heterocycles.